The van der Waals surface area contributed by atoms with Crippen LogP contribution in [0.3, 0.4) is 0 Å². The highest BCUT2D eigenvalue weighted by Crippen LogP contribution is 2.05. The van der Waals surface area contributed by atoms with Crippen molar-refractivity contribution in [1.82, 2.24) is 0 Å². The lowest BCUT2D eigenvalue weighted by Crippen LogP contribution is -1.76. The highest BCUT2D eigenvalue weighted by molar-refractivity contribution is 14.0. The fourth-order valence-corrected chi connectivity index (χ4v) is 1.03. The van der Waals surface area contributed by atoms with E-state index in [2.05, 4.69) is 13.8 Å². The minimum absolute atomic E-state index is 0. The summed E-state index contributed by atoms with van der Waals surface area (Å²) in [6.45, 7) is 4.53. The Morgan fingerprint density at radius 2 is 0.909 bits per heavy atom. The Morgan fingerprint density at radius 1 is 0.636 bits per heavy atom. The van der Waals surface area contributed by atoms with Crippen molar-refractivity contribution in [2.24, 2.45) is 0 Å². The highest BCUT2D eigenvalue weighted by Gasteiger charge is 1.85. The minimum Gasteiger partial charge on any atom is -0.269 e. The first kappa shape index (κ1) is 17.7. The molecule has 0 aliphatic carbocycles. The molecule has 72 valence electrons. The quantitative estimate of drug-likeness (QED) is 0.494. The molecule has 0 nitrogen and oxygen atoms in total. The van der Waals surface area contributed by atoms with Crippen LogP contribution in [0, 0.1) is 0 Å². The number of hydrogen-bond donors (Lipinski definition) is 0. The van der Waals surface area contributed by atoms with Crippen LogP contribution < -0.4 is 0 Å². The molecule has 0 radical (unpaired) electrons. The van der Waals surface area contributed by atoms with Crippen molar-refractivity contribution in [3.05, 3.63) is 0 Å². The lowest BCUT2D eigenvalue weighted by atomic mass is 10.1. The number of hydrogen-bond acceptors (Lipinski definition) is 0. The van der Waals surface area contributed by atoms with E-state index in [9.17, 15) is 0 Å². The van der Waals surface area contributed by atoms with Crippen LogP contribution in [-0.2, 0) is 0 Å². The molecule has 0 saturated carbocycles. The van der Waals surface area contributed by atoms with Gasteiger partial charge in [0.05, 0.1) is 0 Å². The predicted octanol–water partition coefficient (Wildman–Crippen LogP) is 4.53. The molecular weight excluding hydrogens is 254 g/mol. The molecule has 0 spiro atoms. The molecule has 0 aromatic rings. The Balaban J connectivity index is -0.000000320. The van der Waals surface area contributed by atoms with Gasteiger partial charge in [0.15, 0.2) is 0 Å². The van der Waals surface area contributed by atoms with Crippen LogP contribution in [0.5, 0.6) is 0 Å². The van der Waals surface area contributed by atoms with Crippen molar-refractivity contribution < 1.29 is 4.70 Å². The molecule has 2 heteroatoms. The lowest BCUT2D eigenvalue weighted by molar-refractivity contribution is 0.602. The van der Waals surface area contributed by atoms with Crippen LogP contribution in [-0.4, -0.2) is 0 Å². The molecule has 0 unspecified atom stereocenters. The summed E-state index contributed by atoms with van der Waals surface area (Å²) >= 11 is 0. The third-order valence-corrected chi connectivity index (χ3v) is 1.71. The second-order valence-electron chi connectivity index (χ2n) is 2.77. The normalized spacial score (nSPS) is 8.18. The van der Waals surface area contributed by atoms with Gasteiger partial charge in [0.1, 0.15) is 0 Å². The lowest BCUT2D eigenvalue weighted by Gasteiger charge is -1.96. The molecule has 0 amide bonds. The van der Waals surface area contributed by atoms with Crippen molar-refractivity contribution in [1.29, 1.82) is 0 Å². The summed E-state index contributed by atoms with van der Waals surface area (Å²) in [6, 6.07) is 0. The Labute approximate surface area is 87.5 Å². The third kappa shape index (κ3) is 18.0. The van der Waals surface area contributed by atoms with Gasteiger partial charge in [-0.2, -0.15) is 0 Å². The van der Waals surface area contributed by atoms with Crippen LogP contribution in [0.25, 0.3) is 0 Å². The van der Waals surface area contributed by atoms with Crippen LogP contribution >= 0.6 is 24.0 Å². The van der Waals surface area contributed by atoms with E-state index in [0.717, 1.165) is 0 Å². The van der Waals surface area contributed by atoms with Gasteiger partial charge in [0.25, 0.3) is 0 Å². The van der Waals surface area contributed by atoms with E-state index in [1.54, 1.807) is 0 Å². The topological polar surface area (TPSA) is 0 Å². The highest BCUT2D eigenvalue weighted by atomic mass is 127. The molecule has 0 heterocycles. The second-order valence-corrected chi connectivity index (χ2v) is 2.77. The summed E-state index contributed by atoms with van der Waals surface area (Å²) in [4.78, 5) is 0. The second kappa shape index (κ2) is 17.0. The Morgan fingerprint density at radius 3 is 1.18 bits per heavy atom. The molecule has 0 saturated heterocycles. The maximum absolute atomic E-state index is 2.26. The van der Waals surface area contributed by atoms with Crippen LogP contribution in [0.15, 0.2) is 0 Å². The maximum Gasteiger partial charge on any atom is -0.0533 e. The third-order valence-electron chi connectivity index (χ3n) is 1.71. The first-order valence-corrected chi connectivity index (χ1v) is 4.41. The number of halogens is 2. The summed E-state index contributed by atoms with van der Waals surface area (Å²) in [7, 11) is 0. The van der Waals surface area contributed by atoms with Gasteiger partial charge < -0.3 is 0 Å². The first-order valence-electron chi connectivity index (χ1n) is 4.41. The molecule has 11 heavy (non-hydrogen) atoms. The summed E-state index contributed by atoms with van der Waals surface area (Å²) in [5, 5.41) is 0. The maximum atomic E-state index is 2.26. The average Bonchev–Trinajstić information content (AvgIpc) is 1.89. The molecule has 0 aromatic carbocycles. The Hall–Kier alpha value is 0.660. The van der Waals surface area contributed by atoms with Gasteiger partial charge >= 0.3 is 0 Å². The molecule has 0 N–H and O–H groups in total. The molecule has 0 atom stereocenters. The average molecular weight is 276 g/mol. The van der Waals surface area contributed by atoms with Gasteiger partial charge in [0, 0.05) is 0 Å². The van der Waals surface area contributed by atoms with Crippen molar-refractivity contribution in [3.8, 4) is 0 Å². The van der Waals surface area contributed by atoms with E-state index >= 15 is 0 Å². The summed E-state index contributed by atoms with van der Waals surface area (Å²) in [6.07, 6.45) is 9.97. The van der Waals surface area contributed by atoms with Crippen molar-refractivity contribution >= 4 is 24.0 Å². The Kier molecular flexibility index (Phi) is 27.2. The van der Waals surface area contributed by atoms with Gasteiger partial charge in [-0.3, -0.25) is 4.70 Å². The Bertz CT molecular complexity index is 42.8. The van der Waals surface area contributed by atoms with Crippen molar-refractivity contribution in [2.45, 2.75) is 58.8 Å². The SMILES string of the molecule is CCCCCCCCC.F.I. The van der Waals surface area contributed by atoms with E-state index in [-0.39, 0.29) is 28.7 Å². The van der Waals surface area contributed by atoms with E-state index < -0.39 is 0 Å². The van der Waals surface area contributed by atoms with Gasteiger partial charge in [-0.05, 0) is 0 Å². The zero-order valence-corrected chi connectivity index (χ0v) is 10.1. The van der Waals surface area contributed by atoms with Crippen LogP contribution in [0.1, 0.15) is 58.8 Å². The summed E-state index contributed by atoms with van der Waals surface area (Å²) < 4.78 is 0. The van der Waals surface area contributed by atoms with Crippen molar-refractivity contribution in [3.63, 3.8) is 0 Å². The zero-order chi connectivity index (χ0) is 6.95. The molecule has 0 aromatic heterocycles. The van der Waals surface area contributed by atoms with E-state index in [0.29, 0.717) is 0 Å². The van der Waals surface area contributed by atoms with E-state index in [1.807, 2.05) is 0 Å². The molecular formula is C9H22FI. The van der Waals surface area contributed by atoms with Crippen LogP contribution in [0.4, 0.5) is 4.70 Å². The predicted molar refractivity (Wildman–Crippen MR) is 61.6 cm³/mol. The van der Waals surface area contributed by atoms with Crippen LogP contribution in [0.2, 0.25) is 0 Å². The molecule has 0 aliphatic heterocycles. The number of unbranched alkanes of at least 4 members (excludes halogenated alkanes) is 6. The van der Waals surface area contributed by atoms with E-state index in [4.69, 9.17) is 0 Å². The van der Waals surface area contributed by atoms with Gasteiger partial charge in [0.2, 0.25) is 0 Å². The summed E-state index contributed by atoms with van der Waals surface area (Å²) in [5.41, 5.74) is 0. The summed E-state index contributed by atoms with van der Waals surface area (Å²) in [5.74, 6) is 0. The van der Waals surface area contributed by atoms with Crippen molar-refractivity contribution in [2.75, 3.05) is 0 Å². The fraction of sp³-hybridized carbons (Fsp3) is 1.00. The van der Waals surface area contributed by atoms with Gasteiger partial charge in [-0.15, -0.1) is 24.0 Å². The molecule has 0 bridgehead atoms. The zero-order valence-electron chi connectivity index (χ0n) is 7.77. The molecule has 0 fully saturated rings. The molecule has 0 aliphatic rings. The molecule has 0 rings (SSSR count). The first-order chi connectivity index (χ1) is 4.41. The monoisotopic (exact) mass is 276 g/mol. The fourth-order valence-electron chi connectivity index (χ4n) is 1.03. The number of rotatable bonds is 6. The largest absolute Gasteiger partial charge is 0.269 e. The van der Waals surface area contributed by atoms with Gasteiger partial charge in [-0.1, -0.05) is 58.8 Å². The minimum atomic E-state index is 0. The smallest absolute Gasteiger partial charge is 0.0533 e. The van der Waals surface area contributed by atoms with E-state index in [1.165, 1.54) is 44.9 Å². The van der Waals surface area contributed by atoms with Gasteiger partial charge in [-0.25, -0.2) is 0 Å². The standard InChI is InChI=1S/C9H20.FH.HI/c1-3-5-7-9-8-6-4-2;;/h3-9H2,1-2H3;2*1H.